The van der Waals surface area contributed by atoms with Gasteiger partial charge in [-0.05, 0) is 37.9 Å². The Morgan fingerprint density at radius 3 is 3.00 bits per heavy atom. The second-order valence-electron chi connectivity index (χ2n) is 3.66. The van der Waals surface area contributed by atoms with Crippen LogP contribution in [0.3, 0.4) is 0 Å². The van der Waals surface area contributed by atoms with E-state index in [0.29, 0.717) is 6.04 Å². The van der Waals surface area contributed by atoms with Crippen LogP contribution in [0.25, 0.3) is 0 Å². The highest BCUT2D eigenvalue weighted by molar-refractivity contribution is 7.12. The number of piperidine rings is 1. The van der Waals surface area contributed by atoms with Gasteiger partial charge >= 0.3 is 0 Å². The quantitative estimate of drug-likeness (QED) is 0.764. The van der Waals surface area contributed by atoms with Crippen LogP contribution in [0.15, 0.2) is 12.1 Å². The van der Waals surface area contributed by atoms with Crippen molar-refractivity contribution in [2.75, 3.05) is 6.54 Å². The van der Waals surface area contributed by atoms with Crippen molar-refractivity contribution < 1.29 is 0 Å². The Morgan fingerprint density at radius 2 is 2.38 bits per heavy atom. The van der Waals surface area contributed by atoms with E-state index in [2.05, 4.69) is 24.4 Å². The van der Waals surface area contributed by atoms with Crippen molar-refractivity contribution in [3.8, 4) is 0 Å². The van der Waals surface area contributed by atoms with Crippen LogP contribution in [0.2, 0.25) is 0 Å². The van der Waals surface area contributed by atoms with Crippen LogP contribution in [-0.2, 0) is 6.42 Å². The van der Waals surface area contributed by atoms with Crippen LogP contribution in [0.4, 0.5) is 0 Å². The largest absolute Gasteiger partial charge is 0.309 e. The minimum atomic E-state index is 0.652. The van der Waals surface area contributed by atoms with E-state index < -0.39 is 0 Å². The molecule has 0 bridgehead atoms. The molecule has 2 rings (SSSR count). The van der Waals surface area contributed by atoms with E-state index in [1.807, 2.05) is 11.3 Å². The standard InChI is InChI=1S/C11H17NS/c1-2-9-6-7-11(13-9)10-5-3-4-8-12-10/h6-7,10,12H,2-5,8H2,1H3/t10-/m0/s1. The second-order valence-corrected chi connectivity index (χ2v) is 4.86. The molecule has 1 N–H and O–H groups in total. The Labute approximate surface area is 84.2 Å². The van der Waals surface area contributed by atoms with Crippen molar-refractivity contribution in [3.05, 3.63) is 21.9 Å². The third-order valence-electron chi connectivity index (χ3n) is 2.68. The van der Waals surface area contributed by atoms with Crippen LogP contribution in [-0.4, -0.2) is 6.54 Å². The third kappa shape index (κ3) is 2.12. The molecule has 2 heteroatoms. The van der Waals surface area contributed by atoms with Crippen LogP contribution in [0.5, 0.6) is 0 Å². The van der Waals surface area contributed by atoms with E-state index in [0.717, 1.165) is 0 Å². The summed E-state index contributed by atoms with van der Waals surface area (Å²) in [5, 5.41) is 3.58. The predicted molar refractivity (Wildman–Crippen MR) is 58.3 cm³/mol. The average molecular weight is 195 g/mol. The van der Waals surface area contributed by atoms with Crippen molar-refractivity contribution in [1.82, 2.24) is 5.32 Å². The third-order valence-corrected chi connectivity index (χ3v) is 4.03. The van der Waals surface area contributed by atoms with Crippen molar-refractivity contribution >= 4 is 11.3 Å². The lowest BCUT2D eigenvalue weighted by molar-refractivity contribution is 0.417. The molecule has 0 unspecified atom stereocenters. The Bertz CT molecular complexity index is 261. The number of hydrogen-bond donors (Lipinski definition) is 1. The minimum Gasteiger partial charge on any atom is -0.309 e. The molecule has 1 fully saturated rings. The zero-order valence-electron chi connectivity index (χ0n) is 8.18. The second kappa shape index (κ2) is 4.25. The van der Waals surface area contributed by atoms with Crippen molar-refractivity contribution in [2.24, 2.45) is 0 Å². The molecule has 1 aromatic heterocycles. The van der Waals surface area contributed by atoms with Gasteiger partial charge in [0.1, 0.15) is 0 Å². The van der Waals surface area contributed by atoms with Crippen molar-refractivity contribution in [1.29, 1.82) is 0 Å². The Hall–Kier alpha value is -0.340. The summed E-state index contributed by atoms with van der Waals surface area (Å²) in [5.74, 6) is 0. The monoisotopic (exact) mass is 195 g/mol. The molecule has 72 valence electrons. The summed E-state index contributed by atoms with van der Waals surface area (Å²) in [7, 11) is 0. The van der Waals surface area contributed by atoms with E-state index in [1.165, 1.54) is 42.0 Å². The van der Waals surface area contributed by atoms with Crippen LogP contribution >= 0.6 is 11.3 Å². The first-order valence-electron chi connectivity index (χ1n) is 5.22. The Kier molecular flexibility index (Phi) is 3.01. The average Bonchev–Trinajstić information content (AvgIpc) is 2.67. The van der Waals surface area contributed by atoms with E-state index >= 15 is 0 Å². The van der Waals surface area contributed by atoms with E-state index in [9.17, 15) is 0 Å². The Morgan fingerprint density at radius 1 is 1.46 bits per heavy atom. The van der Waals surface area contributed by atoms with Crippen molar-refractivity contribution in [3.63, 3.8) is 0 Å². The summed E-state index contributed by atoms with van der Waals surface area (Å²) in [6.07, 6.45) is 5.24. The molecular formula is C11H17NS. The first-order chi connectivity index (χ1) is 6.40. The van der Waals surface area contributed by atoms with Gasteiger partial charge in [-0.15, -0.1) is 11.3 Å². The fourth-order valence-corrected chi connectivity index (χ4v) is 2.93. The van der Waals surface area contributed by atoms with E-state index in [4.69, 9.17) is 0 Å². The molecule has 0 spiro atoms. The first kappa shape index (κ1) is 9.22. The highest BCUT2D eigenvalue weighted by Crippen LogP contribution is 2.28. The van der Waals surface area contributed by atoms with Gasteiger partial charge in [0.15, 0.2) is 0 Å². The van der Waals surface area contributed by atoms with E-state index in [-0.39, 0.29) is 0 Å². The molecule has 0 aromatic carbocycles. The molecule has 1 aliphatic rings. The van der Waals surface area contributed by atoms with Gasteiger partial charge in [-0.2, -0.15) is 0 Å². The summed E-state index contributed by atoms with van der Waals surface area (Å²) in [4.78, 5) is 3.05. The lowest BCUT2D eigenvalue weighted by Gasteiger charge is -2.22. The Balaban J connectivity index is 2.05. The minimum absolute atomic E-state index is 0.652. The van der Waals surface area contributed by atoms with Gasteiger partial charge in [0.2, 0.25) is 0 Å². The SMILES string of the molecule is CCc1ccc([C@@H]2CCCCN2)s1. The number of aryl methyl sites for hydroxylation is 1. The van der Waals surface area contributed by atoms with Gasteiger partial charge in [0.05, 0.1) is 0 Å². The molecule has 1 nitrogen and oxygen atoms in total. The number of thiophene rings is 1. The molecule has 0 saturated carbocycles. The summed E-state index contributed by atoms with van der Waals surface area (Å²) in [6, 6.07) is 5.22. The molecule has 0 radical (unpaired) electrons. The van der Waals surface area contributed by atoms with Gasteiger partial charge < -0.3 is 5.32 Å². The maximum atomic E-state index is 3.58. The fourth-order valence-electron chi connectivity index (χ4n) is 1.87. The maximum Gasteiger partial charge on any atom is 0.0414 e. The highest BCUT2D eigenvalue weighted by Gasteiger charge is 2.15. The lowest BCUT2D eigenvalue weighted by Crippen LogP contribution is -2.25. The maximum absolute atomic E-state index is 3.58. The fraction of sp³-hybridized carbons (Fsp3) is 0.636. The predicted octanol–water partition coefficient (Wildman–Crippen LogP) is 3.13. The number of rotatable bonds is 2. The van der Waals surface area contributed by atoms with Gasteiger partial charge in [-0.1, -0.05) is 13.3 Å². The molecule has 0 aliphatic carbocycles. The highest BCUT2D eigenvalue weighted by atomic mass is 32.1. The zero-order valence-corrected chi connectivity index (χ0v) is 8.99. The van der Waals surface area contributed by atoms with Gasteiger partial charge in [0.25, 0.3) is 0 Å². The molecule has 1 saturated heterocycles. The summed E-state index contributed by atoms with van der Waals surface area (Å²) in [5.41, 5.74) is 0. The first-order valence-corrected chi connectivity index (χ1v) is 6.04. The normalized spacial score (nSPS) is 23.3. The zero-order chi connectivity index (χ0) is 9.10. The lowest BCUT2D eigenvalue weighted by atomic mass is 10.0. The smallest absolute Gasteiger partial charge is 0.0414 e. The summed E-state index contributed by atoms with van der Waals surface area (Å²) < 4.78 is 0. The van der Waals surface area contributed by atoms with Gasteiger partial charge in [-0.25, -0.2) is 0 Å². The molecule has 13 heavy (non-hydrogen) atoms. The number of hydrogen-bond acceptors (Lipinski definition) is 2. The molecule has 1 aromatic rings. The summed E-state index contributed by atoms with van der Waals surface area (Å²) >= 11 is 1.98. The molecule has 1 aliphatic heterocycles. The molecule has 2 heterocycles. The number of nitrogens with one attached hydrogen (secondary N) is 1. The summed E-state index contributed by atoms with van der Waals surface area (Å²) in [6.45, 7) is 3.42. The van der Waals surface area contributed by atoms with Gasteiger partial charge in [-0.3, -0.25) is 0 Å². The molecule has 1 atom stereocenters. The van der Waals surface area contributed by atoms with E-state index in [1.54, 1.807) is 0 Å². The van der Waals surface area contributed by atoms with Crippen LogP contribution < -0.4 is 5.32 Å². The van der Waals surface area contributed by atoms with Crippen LogP contribution in [0.1, 0.15) is 42.0 Å². The van der Waals surface area contributed by atoms with Crippen LogP contribution in [0, 0.1) is 0 Å². The molecular weight excluding hydrogens is 178 g/mol. The van der Waals surface area contributed by atoms with Gasteiger partial charge in [0, 0.05) is 15.8 Å². The van der Waals surface area contributed by atoms with Crippen molar-refractivity contribution in [2.45, 2.75) is 38.6 Å². The molecule has 0 amide bonds. The topological polar surface area (TPSA) is 12.0 Å².